The van der Waals surface area contributed by atoms with Crippen LogP contribution in [0.3, 0.4) is 0 Å². The number of aliphatic imine (C=N–C) groups is 1. The van der Waals surface area contributed by atoms with Crippen LogP contribution in [-0.4, -0.2) is 59.9 Å². The molecule has 0 fully saturated rings. The summed E-state index contributed by atoms with van der Waals surface area (Å²) in [5.41, 5.74) is 0. The molecule has 0 bridgehead atoms. The van der Waals surface area contributed by atoms with E-state index in [0.717, 1.165) is 25.2 Å². The van der Waals surface area contributed by atoms with Gasteiger partial charge in [-0.05, 0) is 18.6 Å². The van der Waals surface area contributed by atoms with E-state index in [1.54, 1.807) is 26.3 Å². The maximum absolute atomic E-state index is 11.8. The number of nitrogens with zero attached hydrogens (tertiary/aromatic N) is 4. The van der Waals surface area contributed by atoms with E-state index in [-0.39, 0.29) is 35.9 Å². The van der Waals surface area contributed by atoms with Gasteiger partial charge in [0.05, 0.1) is 12.8 Å². The van der Waals surface area contributed by atoms with Crippen LogP contribution in [0.1, 0.15) is 28.6 Å². The molecule has 1 unspecified atom stereocenters. The second kappa shape index (κ2) is 11.0. The van der Waals surface area contributed by atoms with E-state index in [1.807, 2.05) is 4.68 Å². The van der Waals surface area contributed by atoms with E-state index < -0.39 is 0 Å². The van der Waals surface area contributed by atoms with Crippen LogP contribution in [0.5, 0.6) is 0 Å². The highest BCUT2D eigenvalue weighted by atomic mass is 127. The number of aromatic nitrogens is 3. The lowest BCUT2D eigenvalue weighted by molar-refractivity contribution is 0.0926. The third kappa shape index (κ3) is 5.92. The third-order valence-corrected chi connectivity index (χ3v) is 4.19. The number of hydrogen-bond acceptors (Lipinski definition) is 6. The highest BCUT2D eigenvalue weighted by molar-refractivity contribution is 14.0. The van der Waals surface area contributed by atoms with Gasteiger partial charge >= 0.3 is 0 Å². The quantitative estimate of drug-likeness (QED) is 0.219. The summed E-state index contributed by atoms with van der Waals surface area (Å²) in [7, 11) is 3.36. The van der Waals surface area contributed by atoms with Crippen LogP contribution in [-0.2, 0) is 24.3 Å². The minimum Gasteiger partial charge on any atom is -0.459 e. The maximum Gasteiger partial charge on any atom is 0.287 e. The molecule has 28 heavy (non-hydrogen) atoms. The number of fused-ring (bicyclic) bond motifs is 1. The summed E-state index contributed by atoms with van der Waals surface area (Å²) in [5, 5.41) is 13.8. The molecule has 0 saturated carbocycles. The van der Waals surface area contributed by atoms with Gasteiger partial charge in [0, 0.05) is 39.7 Å². The number of amides is 1. The van der Waals surface area contributed by atoms with Crippen molar-refractivity contribution in [2.45, 2.75) is 32.0 Å². The molecule has 1 aliphatic rings. The maximum atomic E-state index is 11.8. The number of hydrogen-bond donors (Lipinski definition) is 3. The molecule has 1 amide bonds. The SMILES string of the molecule is CN=C(NCCNC(=O)c1ccco1)NC1CCc2nc(COC)nn2C1.I. The Morgan fingerprint density at radius 2 is 2.25 bits per heavy atom. The van der Waals surface area contributed by atoms with Gasteiger partial charge in [0.25, 0.3) is 5.91 Å². The average Bonchev–Trinajstić information content (AvgIpc) is 3.33. The molecule has 0 aliphatic carbocycles. The summed E-state index contributed by atoms with van der Waals surface area (Å²) in [6.07, 6.45) is 3.27. The fourth-order valence-corrected chi connectivity index (χ4v) is 2.91. The second-order valence-electron chi connectivity index (χ2n) is 6.17. The predicted octanol–water partition coefficient (Wildman–Crippen LogP) is 0.545. The van der Waals surface area contributed by atoms with E-state index >= 15 is 0 Å². The van der Waals surface area contributed by atoms with Gasteiger partial charge in [0.1, 0.15) is 12.4 Å². The van der Waals surface area contributed by atoms with Crippen LogP contribution in [0.4, 0.5) is 0 Å². The van der Waals surface area contributed by atoms with Crippen LogP contribution < -0.4 is 16.0 Å². The molecule has 3 rings (SSSR count). The highest BCUT2D eigenvalue weighted by Gasteiger charge is 2.22. The first-order valence-corrected chi connectivity index (χ1v) is 8.90. The van der Waals surface area contributed by atoms with Gasteiger partial charge in [-0.25, -0.2) is 9.67 Å². The molecule has 2 aromatic rings. The van der Waals surface area contributed by atoms with E-state index in [9.17, 15) is 4.79 Å². The lowest BCUT2D eigenvalue weighted by Crippen LogP contribution is -2.48. The standard InChI is InChI=1S/C17H25N7O3.HI/c1-18-17(20-8-7-19-16(25)13-4-3-9-27-13)21-12-5-6-15-22-14(11-26-2)23-24(15)10-12;/h3-4,9,12H,5-8,10-11H2,1-2H3,(H,19,25)(H2,18,20,21);1H. The number of nitrogens with one attached hydrogen (secondary N) is 3. The number of rotatable bonds is 7. The van der Waals surface area contributed by atoms with Crippen molar-refractivity contribution in [2.75, 3.05) is 27.2 Å². The largest absolute Gasteiger partial charge is 0.459 e. The second-order valence-corrected chi connectivity index (χ2v) is 6.17. The van der Waals surface area contributed by atoms with E-state index in [0.29, 0.717) is 37.2 Å². The normalized spacial score (nSPS) is 16.1. The van der Waals surface area contributed by atoms with Gasteiger partial charge in [0.15, 0.2) is 17.5 Å². The molecular formula is C17H26IN7O3. The average molecular weight is 503 g/mol. The number of furan rings is 1. The summed E-state index contributed by atoms with van der Waals surface area (Å²) in [4.78, 5) is 20.5. The van der Waals surface area contributed by atoms with Gasteiger partial charge in [0.2, 0.25) is 0 Å². The summed E-state index contributed by atoms with van der Waals surface area (Å²) in [6.45, 7) is 2.15. The van der Waals surface area contributed by atoms with Crippen LogP contribution in [0.15, 0.2) is 27.8 Å². The first-order chi connectivity index (χ1) is 13.2. The van der Waals surface area contributed by atoms with Gasteiger partial charge in [-0.1, -0.05) is 0 Å². The highest BCUT2D eigenvalue weighted by Crippen LogP contribution is 2.13. The summed E-state index contributed by atoms with van der Waals surface area (Å²) >= 11 is 0. The molecule has 3 N–H and O–H groups in total. The molecule has 10 nitrogen and oxygen atoms in total. The van der Waals surface area contributed by atoms with Crippen LogP contribution in [0.25, 0.3) is 0 Å². The Balaban J connectivity index is 0.00000280. The van der Waals surface area contributed by atoms with Gasteiger partial charge in [-0.15, -0.1) is 24.0 Å². The molecule has 0 saturated heterocycles. The van der Waals surface area contributed by atoms with Gasteiger partial charge < -0.3 is 25.1 Å². The van der Waals surface area contributed by atoms with E-state index in [1.165, 1.54) is 6.26 Å². The molecule has 0 spiro atoms. The fourth-order valence-electron chi connectivity index (χ4n) is 2.91. The summed E-state index contributed by atoms with van der Waals surface area (Å²) in [5.74, 6) is 2.46. The van der Waals surface area contributed by atoms with Crippen LogP contribution >= 0.6 is 24.0 Å². The van der Waals surface area contributed by atoms with Crippen molar-refractivity contribution < 1.29 is 13.9 Å². The smallest absolute Gasteiger partial charge is 0.287 e. The predicted molar refractivity (Wildman–Crippen MR) is 114 cm³/mol. The van der Waals surface area contributed by atoms with Gasteiger partial charge in [-0.3, -0.25) is 9.79 Å². The number of carbonyl (C=O) groups excluding carboxylic acids is 1. The molecule has 2 aromatic heterocycles. The zero-order valence-electron chi connectivity index (χ0n) is 16.0. The Kier molecular flexibility index (Phi) is 8.70. The number of halogens is 1. The fraction of sp³-hybridized carbons (Fsp3) is 0.529. The van der Waals surface area contributed by atoms with Crippen molar-refractivity contribution >= 4 is 35.8 Å². The minimum absolute atomic E-state index is 0. The van der Waals surface area contributed by atoms with Crippen molar-refractivity contribution in [3.8, 4) is 0 Å². The molecule has 1 atom stereocenters. The van der Waals surface area contributed by atoms with Crippen molar-refractivity contribution in [1.82, 2.24) is 30.7 Å². The monoisotopic (exact) mass is 503 g/mol. The number of methoxy groups -OCH3 is 1. The summed E-state index contributed by atoms with van der Waals surface area (Å²) < 4.78 is 12.1. The Hall–Kier alpha value is -2.15. The van der Waals surface area contributed by atoms with Crippen molar-refractivity contribution in [3.63, 3.8) is 0 Å². The zero-order chi connectivity index (χ0) is 19.1. The molecule has 3 heterocycles. The molecule has 154 valence electrons. The van der Waals surface area contributed by atoms with Gasteiger partial charge in [-0.2, -0.15) is 5.10 Å². The van der Waals surface area contributed by atoms with E-state index in [2.05, 4.69) is 31.0 Å². The first-order valence-electron chi connectivity index (χ1n) is 8.90. The topological polar surface area (TPSA) is 119 Å². The van der Waals surface area contributed by atoms with Crippen LogP contribution in [0.2, 0.25) is 0 Å². The van der Waals surface area contributed by atoms with Crippen molar-refractivity contribution in [2.24, 2.45) is 4.99 Å². The summed E-state index contributed by atoms with van der Waals surface area (Å²) in [6, 6.07) is 3.52. The third-order valence-electron chi connectivity index (χ3n) is 4.19. The Morgan fingerprint density at radius 1 is 1.43 bits per heavy atom. The number of ether oxygens (including phenoxy) is 1. The lowest BCUT2D eigenvalue weighted by atomic mass is 10.1. The zero-order valence-corrected chi connectivity index (χ0v) is 18.3. The molecule has 0 radical (unpaired) electrons. The Bertz CT molecular complexity index is 776. The number of guanidine groups is 1. The molecule has 0 aromatic carbocycles. The van der Waals surface area contributed by atoms with E-state index in [4.69, 9.17) is 9.15 Å². The van der Waals surface area contributed by atoms with Crippen molar-refractivity contribution in [3.05, 3.63) is 35.8 Å². The molecule has 1 aliphatic heterocycles. The molecule has 11 heteroatoms. The molecular weight excluding hydrogens is 477 g/mol. The lowest BCUT2D eigenvalue weighted by Gasteiger charge is -2.25. The van der Waals surface area contributed by atoms with Crippen molar-refractivity contribution in [1.29, 1.82) is 0 Å². The Labute approximate surface area is 180 Å². The van der Waals surface area contributed by atoms with Crippen LogP contribution in [0, 0.1) is 0 Å². The minimum atomic E-state index is -0.234. The first kappa shape index (κ1) is 22.1. The number of carbonyl (C=O) groups is 1. The Morgan fingerprint density at radius 3 is 2.96 bits per heavy atom. The number of aryl methyl sites for hydroxylation is 1.